The van der Waals surface area contributed by atoms with Crippen LogP contribution in [0.2, 0.25) is 0 Å². The normalized spacial score (nSPS) is 16.9. The molecule has 6 N–H and O–H groups in total. The summed E-state index contributed by atoms with van der Waals surface area (Å²) in [6.45, 7) is 2.03. The zero-order valence-electron chi connectivity index (χ0n) is 23.8. The van der Waals surface area contributed by atoms with E-state index in [9.17, 15) is 19.2 Å². The van der Waals surface area contributed by atoms with Gasteiger partial charge in [-0.05, 0) is 37.7 Å². The van der Waals surface area contributed by atoms with Crippen molar-refractivity contribution in [1.29, 1.82) is 5.41 Å². The highest BCUT2D eigenvalue weighted by Gasteiger charge is 2.37. The van der Waals surface area contributed by atoms with E-state index in [2.05, 4.69) is 35.9 Å². The molecule has 1 aliphatic carbocycles. The minimum Gasteiger partial charge on any atom is -0.370 e. The smallest absolute Gasteiger partial charge is 0.271 e. The number of hydrogen-bond acceptors (Lipinski definition) is 10. The van der Waals surface area contributed by atoms with Crippen LogP contribution >= 0.6 is 11.8 Å². The third kappa shape index (κ3) is 10.2. The van der Waals surface area contributed by atoms with E-state index in [0.29, 0.717) is 24.8 Å². The van der Waals surface area contributed by atoms with E-state index in [1.165, 1.54) is 18.6 Å². The lowest BCUT2D eigenvalue weighted by molar-refractivity contribution is -0.138. The number of guanidine groups is 1. The Morgan fingerprint density at radius 2 is 1.86 bits per heavy atom. The molecular formula is C27H37N11O4S. The quantitative estimate of drug-likeness (QED) is 0.0786. The molecule has 43 heavy (non-hydrogen) atoms. The van der Waals surface area contributed by atoms with Gasteiger partial charge in [-0.25, -0.2) is 15.0 Å². The van der Waals surface area contributed by atoms with E-state index >= 15 is 0 Å². The summed E-state index contributed by atoms with van der Waals surface area (Å²) < 4.78 is 0. The summed E-state index contributed by atoms with van der Waals surface area (Å²) in [4.78, 5) is 71.5. The first-order valence-corrected chi connectivity index (χ1v) is 15.2. The Balaban J connectivity index is 1.36. The fourth-order valence-electron chi connectivity index (χ4n) is 4.75. The topological polar surface area (TPSA) is 212 Å². The third-order valence-electron chi connectivity index (χ3n) is 7.05. The van der Waals surface area contributed by atoms with Crippen LogP contribution in [0.3, 0.4) is 0 Å². The maximum Gasteiger partial charge on any atom is 0.271 e. The van der Waals surface area contributed by atoms with Crippen molar-refractivity contribution in [3.63, 3.8) is 0 Å². The second-order valence-corrected chi connectivity index (χ2v) is 11.3. The number of likely N-dealkylation sites (tertiary alicyclic amines) is 1. The lowest BCUT2D eigenvalue weighted by Crippen LogP contribution is -2.53. The molecule has 2 aromatic rings. The van der Waals surface area contributed by atoms with Gasteiger partial charge in [0.2, 0.25) is 17.7 Å². The molecule has 3 heterocycles. The van der Waals surface area contributed by atoms with Crippen molar-refractivity contribution in [2.45, 2.75) is 49.3 Å². The molecule has 4 rings (SSSR count). The largest absolute Gasteiger partial charge is 0.370 e. The van der Waals surface area contributed by atoms with Crippen LogP contribution in [-0.4, -0.2) is 110 Å². The lowest BCUT2D eigenvalue weighted by Gasteiger charge is -2.33. The molecule has 2 aliphatic rings. The Morgan fingerprint density at radius 3 is 2.56 bits per heavy atom. The number of nitrogens with two attached hydrogens (primary N) is 1. The van der Waals surface area contributed by atoms with Gasteiger partial charge in [0.15, 0.2) is 11.1 Å². The Hall–Kier alpha value is -4.34. The summed E-state index contributed by atoms with van der Waals surface area (Å²) in [6.07, 6.45) is 10.5. The van der Waals surface area contributed by atoms with E-state index in [1.807, 2.05) is 0 Å². The Bertz CT molecular complexity index is 1270. The van der Waals surface area contributed by atoms with E-state index in [4.69, 9.17) is 11.1 Å². The van der Waals surface area contributed by atoms with Crippen molar-refractivity contribution in [1.82, 2.24) is 45.7 Å². The highest BCUT2D eigenvalue weighted by molar-refractivity contribution is 7.99. The molecule has 1 saturated carbocycles. The average Bonchev–Trinajstić information content (AvgIpc) is 3.87. The first-order valence-electron chi connectivity index (χ1n) is 14.2. The predicted octanol–water partition coefficient (Wildman–Crippen LogP) is -0.624. The molecule has 1 aliphatic heterocycles. The molecule has 0 aromatic carbocycles. The molecule has 0 spiro atoms. The monoisotopic (exact) mass is 611 g/mol. The summed E-state index contributed by atoms with van der Waals surface area (Å²) >= 11 is 1.12. The van der Waals surface area contributed by atoms with Gasteiger partial charge in [-0.2, -0.15) is 0 Å². The Morgan fingerprint density at radius 1 is 1.07 bits per heavy atom. The van der Waals surface area contributed by atoms with E-state index in [-0.39, 0.29) is 60.7 Å². The zero-order valence-corrected chi connectivity index (χ0v) is 24.6. The molecule has 2 aromatic heterocycles. The minimum absolute atomic E-state index is 0.0104. The van der Waals surface area contributed by atoms with Crippen LogP contribution in [0.1, 0.15) is 42.6 Å². The van der Waals surface area contributed by atoms with Gasteiger partial charge < -0.3 is 31.5 Å². The number of thioether (sulfide) groups is 1. The molecule has 0 radical (unpaired) electrons. The van der Waals surface area contributed by atoms with Crippen molar-refractivity contribution < 1.29 is 19.2 Å². The second kappa shape index (κ2) is 15.8. The summed E-state index contributed by atoms with van der Waals surface area (Å²) in [7, 11) is 0. The van der Waals surface area contributed by atoms with Crippen LogP contribution in [0.4, 0.5) is 0 Å². The molecule has 4 amide bonds. The van der Waals surface area contributed by atoms with E-state index < -0.39 is 17.9 Å². The lowest BCUT2D eigenvalue weighted by atomic mass is 9.98. The number of nitrogens with one attached hydrogen (secondary N) is 4. The highest BCUT2D eigenvalue weighted by atomic mass is 32.2. The SMILES string of the molecule is N=C(N)N1CCCC(CNC(=O)C[C@H](NC(=O)CSc2ncccn2)C(=O)N(CCNC(=O)c2cnccn2)C2CC2)C1. The van der Waals surface area contributed by atoms with Gasteiger partial charge in [0.1, 0.15) is 11.7 Å². The van der Waals surface area contributed by atoms with Crippen molar-refractivity contribution in [3.05, 3.63) is 42.7 Å². The summed E-state index contributed by atoms with van der Waals surface area (Å²) in [5.74, 6) is -1.50. The van der Waals surface area contributed by atoms with Crippen LogP contribution in [0, 0.1) is 11.3 Å². The van der Waals surface area contributed by atoms with Crippen LogP contribution in [0.15, 0.2) is 42.2 Å². The van der Waals surface area contributed by atoms with Gasteiger partial charge in [-0.15, -0.1) is 0 Å². The van der Waals surface area contributed by atoms with Gasteiger partial charge in [-0.3, -0.25) is 29.6 Å². The minimum atomic E-state index is -1.10. The summed E-state index contributed by atoms with van der Waals surface area (Å²) in [5.41, 5.74) is 5.80. The number of carbonyl (C=O) groups is 4. The predicted molar refractivity (Wildman–Crippen MR) is 158 cm³/mol. The third-order valence-corrected chi connectivity index (χ3v) is 7.93. The van der Waals surface area contributed by atoms with Gasteiger partial charge in [-0.1, -0.05) is 11.8 Å². The molecular weight excluding hydrogens is 574 g/mol. The first kappa shape index (κ1) is 31.6. The Kier molecular flexibility index (Phi) is 11.6. The van der Waals surface area contributed by atoms with Crippen molar-refractivity contribution in [2.75, 3.05) is 38.5 Å². The number of hydrogen-bond donors (Lipinski definition) is 5. The number of nitrogens with zero attached hydrogens (tertiary/aromatic N) is 6. The van der Waals surface area contributed by atoms with E-state index in [0.717, 1.165) is 37.4 Å². The van der Waals surface area contributed by atoms with E-state index in [1.54, 1.807) is 28.3 Å². The Labute approximate surface area is 253 Å². The number of rotatable bonds is 14. The molecule has 1 unspecified atom stereocenters. The molecule has 2 fully saturated rings. The number of carbonyl (C=O) groups excluding carboxylic acids is 4. The average molecular weight is 612 g/mol. The van der Waals surface area contributed by atoms with Crippen molar-refractivity contribution in [2.24, 2.45) is 11.7 Å². The van der Waals surface area contributed by atoms with Gasteiger partial charge in [0, 0.05) is 63.6 Å². The van der Waals surface area contributed by atoms with Crippen molar-refractivity contribution in [3.8, 4) is 0 Å². The summed E-state index contributed by atoms with van der Waals surface area (Å²) in [6, 6.07) is 0.543. The number of amides is 4. The summed E-state index contributed by atoms with van der Waals surface area (Å²) in [5, 5.41) is 16.5. The molecule has 1 saturated heterocycles. The zero-order chi connectivity index (χ0) is 30.6. The maximum atomic E-state index is 13.8. The van der Waals surface area contributed by atoms with Crippen molar-refractivity contribution >= 4 is 41.4 Å². The molecule has 15 nitrogen and oxygen atoms in total. The highest BCUT2D eigenvalue weighted by Crippen LogP contribution is 2.27. The second-order valence-electron chi connectivity index (χ2n) is 10.4. The molecule has 0 bridgehead atoms. The van der Waals surface area contributed by atoms with Gasteiger partial charge in [0.25, 0.3) is 5.91 Å². The van der Waals surface area contributed by atoms with Crippen LogP contribution in [0.25, 0.3) is 0 Å². The van der Waals surface area contributed by atoms with Crippen LogP contribution < -0.4 is 21.7 Å². The molecule has 16 heteroatoms. The van der Waals surface area contributed by atoms with Crippen LogP contribution in [0.5, 0.6) is 0 Å². The standard InChI is InChI=1S/C27H37N11O4S/c28-26(29)37-11-1-3-18(16-37)14-35-22(39)13-20(36-23(40)17-43-27-33-6-2-7-34-27)25(42)38(19-4-5-19)12-10-32-24(41)21-15-30-8-9-31-21/h2,6-9,15,18-20H,1,3-5,10-14,16-17H2,(H3,28,29)(H,32,41)(H,35,39)(H,36,40)/t18?,20-/m0/s1. The first-order chi connectivity index (χ1) is 20.8. The fraction of sp³-hybridized carbons (Fsp3) is 0.519. The van der Waals surface area contributed by atoms with Gasteiger partial charge >= 0.3 is 0 Å². The van der Waals surface area contributed by atoms with Gasteiger partial charge in [0.05, 0.1) is 18.4 Å². The number of piperidine rings is 1. The molecule has 2 atom stereocenters. The number of aromatic nitrogens is 4. The molecule has 230 valence electrons. The maximum absolute atomic E-state index is 13.8. The fourth-order valence-corrected chi connectivity index (χ4v) is 5.36. The van der Waals surface area contributed by atoms with Crippen LogP contribution in [-0.2, 0) is 14.4 Å².